The molecule has 4 saturated carbocycles. The molecule has 6 unspecified atom stereocenters. The van der Waals surface area contributed by atoms with Crippen molar-refractivity contribution >= 4 is 25.2 Å². The maximum Gasteiger partial charge on any atom is 0.307 e. The van der Waals surface area contributed by atoms with Gasteiger partial charge in [0.05, 0.1) is 18.1 Å². The van der Waals surface area contributed by atoms with Crippen LogP contribution in [-0.2, 0) is 18.9 Å². The molecule has 0 aromatic rings. The average molecular weight is 628 g/mol. The van der Waals surface area contributed by atoms with Crippen LogP contribution in [0.25, 0.3) is 0 Å². The number of aliphatic hydroxyl groups excluding tert-OH is 2. The van der Waals surface area contributed by atoms with Crippen molar-refractivity contribution in [1.82, 2.24) is 5.32 Å². The van der Waals surface area contributed by atoms with Crippen molar-refractivity contribution in [1.29, 1.82) is 0 Å². The Bertz CT molecular complexity index is 1090. The Morgan fingerprint density at radius 1 is 0.953 bits per heavy atom. The van der Waals surface area contributed by atoms with Crippen molar-refractivity contribution in [3.8, 4) is 0 Å². The number of aliphatic carboxylic acids is 2. The van der Waals surface area contributed by atoms with Crippen LogP contribution in [0, 0.1) is 52.3 Å². The van der Waals surface area contributed by atoms with Gasteiger partial charge < -0.3 is 30.6 Å². The van der Waals surface area contributed by atoms with Crippen molar-refractivity contribution in [2.24, 2.45) is 52.3 Å². The van der Waals surface area contributed by atoms with Crippen molar-refractivity contribution in [2.45, 2.75) is 110 Å². The first kappa shape index (κ1) is 34.4. The molecule has 4 aliphatic rings. The number of aliphatic hydroxyl groups is 2. The molecule has 11 heteroatoms. The Labute approximate surface area is 255 Å². The predicted octanol–water partition coefficient (Wildman–Crippen LogP) is 4.35. The van der Waals surface area contributed by atoms with E-state index in [1.54, 1.807) is 0 Å². The van der Waals surface area contributed by atoms with Crippen molar-refractivity contribution in [3.63, 3.8) is 0 Å². The highest BCUT2D eigenvalue weighted by Crippen LogP contribution is 2.68. The SMILES string of the molecule is C[C@H](CCNC(=O)CCP(=O)(O)CC(CCC(=O)O)C(=O)O)[C@H]1CCC2C3CCC4C[C@H](O)CC[C@]4(C)C3C[C@H](O)[C@@]21C. The number of rotatable bonds is 13. The predicted molar refractivity (Wildman–Crippen MR) is 162 cm³/mol. The summed E-state index contributed by atoms with van der Waals surface area (Å²) in [5, 5.41) is 43.0. The number of hydrogen-bond donors (Lipinski definition) is 6. The normalized spacial score (nSPS) is 39.8. The zero-order valence-electron chi connectivity index (χ0n) is 26.1. The zero-order valence-corrected chi connectivity index (χ0v) is 27.0. The molecular formula is C32H54NO9P. The van der Waals surface area contributed by atoms with Crippen LogP contribution in [0.5, 0.6) is 0 Å². The summed E-state index contributed by atoms with van der Waals surface area (Å²) in [5.74, 6) is -1.31. The molecule has 0 aromatic carbocycles. The van der Waals surface area contributed by atoms with E-state index < -0.39 is 37.8 Å². The van der Waals surface area contributed by atoms with Crippen LogP contribution in [-0.4, -0.2) is 74.2 Å². The molecule has 43 heavy (non-hydrogen) atoms. The summed E-state index contributed by atoms with van der Waals surface area (Å²) < 4.78 is 12.6. The van der Waals surface area contributed by atoms with E-state index in [0.29, 0.717) is 36.1 Å². The number of amides is 1. The van der Waals surface area contributed by atoms with Crippen molar-refractivity contribution in [2.75, 3.05) is 18.9 Å². The van der Waals surface area contributed by atoms with E-state index >= 15 is 0 Å². The minimum Gasteiger partial charge on any atom is -0.481 e. The lowest BCUT2D eigenvalue weighted by atomic mass is 9.43. The number of hydrogen-bond acceptors (Lipinski definition) is 6. The third kappa shape index (κ3) is 7.34. The monoisotopic (exact) mass is 627 g/mol. The lowest BCUT2D eigenvalue weighted by Gasteiger charge is -2.62. The summed E-state index contributed by atoms with van der Waals surface area (Å²) >= 11 is 0. The fraction of sp³-hybridized carbons (Fsp3) is 0.906. The third-order valence-corrected chi connectivity index (χ3v) is 14.6. The van der Waals surface area contributed by atoms with E-state index in [0.717, 1.165) is 44.9 Å². The van der Waals surface area contributed by atoms with Crippen LogP contribution in [0.1, 0.15) is 97.8 Å². The highest BCUT2D eigenvalue weighted by atomic mass is 31.2. The molecule has 0 spiro atoms. The van der Waals surface area contributed by atoms with Gasteiger partial charge in [-0.2, -0.15) is 0 Å². The van der Waals surface area contributed by atoms with Gasteiger partial charge in [-0.25, -0.2) is 0 Å². The highest BCUT2D eigenvalue weighted by molar-refractivity contribution is 7.58. The number of carbonyl (C=O) groups is 3. The topological polar surface area (TPSA) is 181 Å². The molecule has 4 fully saturated rings. The molecule has 6 N–H and O–H groups in total. The molecule has 4 rings (SSSR count). The zero-order chi connectivity index (χ0) is 31.7. The second-order valence-corrected chi connectivity index (χ2v) is 17.5. The van der Waals surface area contributed by atoms with Gasteiger partial charge in [0, 0.05) is 31.7 Å². The Morgan fingerprint density at radius 3 is 2.35 bits per heavy atom. The number of nitrogens with one attached hydrogen (secondary N) is 1. The lowest BCUT2D eigenvalue weighted by Crippen LogP contribution is -2.58. The van der Waals surface area contributed by atoms with Crippen molar-refractivity contribution < 1.29 is 44.3 Å². The Kier molecular flexibility index (Phi) is 10.8. The number of fused-ring (bicyclic) bond motifs is 5. The van der Waals surface area contributed by atoms with E-state index in [9.17, 15) is 39.2 Å². The molecule has 0 radical (unpaired) electrons. The molecule has 0 heterocycles. The van der Waals surface area contributed by atoms with E-state index in [1.165, 1.54) is 12.8 Å². The quantitative estimate of drug-likeness (QED) is 0.162. The van der Waals surface area contributed by atoms with Crippen LogP contribution in [0.2, 0.25) is 0 Å². The second-order valence-electron chi connectivity index (χ2n) is 15.0. The van der Waals surface area contributed by atoms with Crippen LogP contribution >= 0.6 is 7.37 Å². The summed E-state index contributed by atoms with van der Waals surface area (Å²) in [6.07, 6.45) is 6.64. The number of carboxylic acids is 2. The first-order chi connectivity index (χ1) is 20.1. The van der Waals surface area contributed by atoms with Crippen LogP contribution in [0.15, 0.2) is 0 Å². The first-order valence-corrected chi connectivity index (χ1v) is 18.5. The van der Waals surface area contributed by atoms with Crippen LogP contribution < -0.4 is 5.32 Å². The van der Waals surface area contributed by atoms with Gasteiger partial charge in [0.25, 0.3) is 0 Å². The maximum atomic E-state index is 12.6. The van der Waals surface area contributed by atoms with Gasteiger partial charge in [0.1, 0.15) is 0 Å². The van der Waals surface area contributed by atoms with Gasteiger partial charge in [0.15, 0.2) is 0 Å². The molecule has 10 nitrogen and oxygen atoms in total. The van der Waals surface area contributed by atoms with Gasteiger partial charge in [0.2, 0.25) is 13.3 Å². The number of carboxylic acid groups (broad SMARTS) is 2. The Morgan fingerprint density at radius 2 is 1.67 bits per heavy atom. The number of carbonyl (C=O) groups excluding carboxylic acids is 1. The fourth-order valence-electron chi connectivity index (χ4n) is 10.2. The van der Waals surface area contributed by atoms with E-state index in [-0.39, 0.29) is 53.9 Å². The third-order valence-electron chi connectivity index (χ3n) is 12.7. The smallest absolute Gasteiger partial charge is 0.307 e. The minimum atomic E-state index is -3.92. The van der Waals surface area contributed by atoms with Gasteiger partial charge in [-0.15, -0.1) is 0 Å². The minimum absolute atomic E-state index is 0.160. The summed E-state index contributed by atoms with van der Waals surface area (Å²) in [4.78, 5) is 44.9. The van der Waals surface area contributed by atoms with Gasteiger partial charge >= 0.3 is 11.9 Å². The first-order valence-electron chi connectivity index (χ1n) is 16.5. The Hall–Kier alpha value is -1.48. The van der Waals surface area contributed by atoms with Gasteiger partial charge in [-0.3, -0.25) is 18.9 Å². The largest absolute Gasteiger partial charge is 0.481 e. The maximum absolute atomic E-state index is 12.6. The molecule has 246 valence electrons. The average Bonchev–Trinajstić information content (AvgIpc) is 3.29. The summed E-state index contributed by atoms with van der Waals surface area (Å²) in [6.45, 7) is 7.35. The van der Waals surface area contributed by atoms with Crippen LogP contribution in [0.3, 0.4) is 0 Å². The van der Waals surface area contributed by atoms with Crippen molar-refractivity contribution in [3.05, 3.63) is 0 Å². The lowest BCUT2D eigenvalue weighted by molar-refractivity contribution is -0.174. The second kappa shape index (κ2) is 13.5. The van der Waals surface area contributed by atoms with E-state index in [4.69, 9.17) is 5.11 Å². The van der Waals surface area contributed by atoms with E-state index in [1.807, 2.05) is 0 Å². The fourth-order valence-corrected chi connectivity index (χ4v) is 12.0. The van der Waals surface area contributed by atoms with E-state index in [2.05, 4.69) is 26.1 Å². The highest BCUT2D eigenvalue weighted by Gasteiger charge is 2.63. The molecule has 0 saturated heterocycles. The molecule has 0 bridgehead atoms. The molecule has 12 atom stereocenters. The standard InChI is InChI=1S/C32H54NO9P/c1-19(11-14-33-28(36)12-15-43(41,42)18-20(30(39)40)4-9-29(37)38)24-7-8-25-23-6-5-21-16-22(34)10-13-31(21,2)26(23)17-27(35)32(24,25)3/h19-27,34-35H,4-18H2,1-3H3,(H,33,36)(H,37,38)(H,39,40)(H,41,42)/t19-,20?,21?,22-,23?,24-,25?,26?,27+,31+,32-/m1/s1. The molecule has 0 aromatic heterocycles. The summed E-state index contributed by atoms with van der Waals surface area (Å²) in [5.41, 5.74) is 0.0385. The molecule has 0 aliphatic heterocycles. The molecular weight excluding hydrogens is 573 g/mol. The summed E-state index contributed by atoms with van der Waals surface area (Å²) in [7, 11) is -3.92. The van der Waals surface area contributed by atoms with Gasteiger partial charge in [-0.05, 0) is 111 Å². The van der Waals surface area contributed by atoms with Crippen LogP contribution in [0.4, 0.5) is 0 Å². The molecule has 4 aliphatic carbocycles. The Balaban J connectivity index is 1.27. The summed E-state index contributed by atoms with van der Waals surface area (Å²) in [6, 6.07) is 0. The van der Waals surface area contributed by atoms with Gasteiger partial charge in [-0.1, -0.05) is 20.8 Å². The molecule has 1 amide bonds.